The number of rotatable bonds is 6. The number of hydrogen-bond donors (Lipinski definition) is 1. The van der Waals surface area contributed by atoms with Crippen LogP contribution in [0.3, 0.4) is 0 Å². The molecule has 2 aromatic rings. The highest BCUT2D eigenvalue weighted by atomic mass is 16.2. The van der Waals surface area contributed by atoms with Crippen LogP contribution in [0, 0.1) is 0 Å². The highest BCUT2D eigenvalue weighted by molar-refractivity contribution is 5.94. The molecule has 1 aromatic carbocycles. The van der Waals surface area contributed by atoms with Crippen LogP contribution in [0.15, 0.2) is 54.9 Å². The average molecular weight is 323 g/mol. The number of aryl methyl sites for hydroxylation is 1. The van der Waals surface area contributed by atoms with Crippen molar-refractivity contribution >= 4 is 11.8 Å². The van der Waals surface area contributed by atoms with Crippen LogP contribution in [-0.4, -0.2) is 40.8 Å². The molecule has 5 heteroatoms. The molecule has 0 radical (unpaired) electrons. The molecule has 1 saturated heterocycles. The number of carbonyl (C=O) groups excluding carboxylic acids is 2. The van der Waals surface area contributed by atoms with E-state index in [0.29, 0.717) is 18.5 Å². The summed E-state index contributed by atoms with van der Waals surface area (Å²) in [5.41, 5.74) is 1.80. The van der Waals surface area contributed by atoms with Gasteiger partial charge in [0.15, 0.2) is 0 Å². The van der Waals surface area contributed by atoms with E-state index in [1.54, 1.807) is 18.3 Å². The summed E-state index contributed by atoms with van der Waals surface area (Å²) in [7, 11) is 0. The zero-order chi connectivity index (χ0) is 16.8. The van der Waals surface area contributed by atoms with Crippen LogP contribution in [0.1, 0.15) is 28.8 Å². The van der Waals surface area contributed by atoms with Gasteiger partial charge in [0, 0.05) is 31.9 Å². The maximum atomic E-state index is 12.1. The van der Waals surface area contributed by atoms with Crippen LogP contribution in [-0.2, 0) is 11.2 Å². The Morgan fingerprint density at radius 1 is 1.21 bits per heavy atom. The first-order valence-electron chi connectivity index (χ1n) is 8.25. The normalized spacial score (nSPS) is 17.1. The van der Waals surface area contributed by atoms with Gasteiger partial charge in [-0.25, -0.2) is 0 Å². The number of nitrogens with one attached hydrogen (secondary N) is 1. The fraction of sp³-hybridized carbons (Fsp3) is 0.316. The summed E-state index contributed by atoms with van der Waals surface area (Å²) in [5, 5.41) is 2.92. The molecule has 2 heterocycles. The predicted molar refractivity (Wildman–Crippen MR) is 91.5 cm³/mol. The highest BCUT2D eigenvalue weighted by Gasteiger charge is 2.30. The number of likely N-dealkylation sites (tertiary alicyclic amines) is 1. The first kappa shape index (κ1) is 16.2. The summed E-state index contributed by atoms with van der Waals surface area (Å²) in [6.45, 7) is 1.31. The van der Waals surface area contributed by atoms with Crippen molar-refractivity contribution in [1.29, 1.82) is 0 Å². The molecule has 1 aliphatic rings. The minimum absolute atomic E-state index is 0.111. The Balaban J connectivity index is 1.46. The zero-order valence-corrected chi connectivity index (χ0v) is 13.5. The summed E-state index contributed by atoms with van der Waals surface area (Å²) in [4.78, 5) is 30.0. The molecular weight excluding hydrogens is 302 g/mol. The maximum Gasteiger partial charge on any atom is 0.253 e. The second-order valence-corrected chi connectivity index (χ2v) is 6.05. The molecule has 1 fully saturated rings. The van der Waals surface area contributed by atoms with Gasteiger partial charge >= 0.3 is 0 Å². The Labute approximate surface area is 141 Å². The van der Waals surface area contributed by atoms with Crippen molar-refractivity contribution < 1.29 is 9.59 Å². The van der Waals surface area contributed by atoms with Crippen molar-refractivity contribution in [2.24, 2.45) is 0 Å². The Bertz CT molecular complexity index is 688. The van der Waals surface area contributed by atoms with Crippen molar-refractivity contribution in [2.75, 3.05) is 13.1 Å². The van der Waals surface area contributed by atoms with E-state index in [0.717, 1.165) is 19.4 Å². The molecule has 0 saturated carbocycles. The predicted octanol–water partition coefficient (Wildman–Crippen LogP) is 2.05. The highest BCUT2D eigenvalue weighted by Crippen LogP contribution is 2.13. The van der Waals surface area contributed by atoms with Gasteiger partial charge in [-0.3, -0.25) is 14.6 Å². The van der Waals surface area contributed by atoms with E-state index in [2.05, 4.69) is 22.4 Å². The van der Waals surface area contributed by atoms with Crippen molar-refractivity contribution in [2.45, 2.75) is 25.3 Å². The third-order valence-electron chi connectivity index (χ3n) is 4.21. The van der Waals surface area contributed by atoms with E-state index < -0.39 is 0 Å². The standard InChI is InChI=1S/C19H21N3O2/c23-18-12-17(21-19(24)16-9-4-10-20-13-16)14-22(18)11-5-8-15-6-2-1-3-7-15/h1-4,6-7,9-10,13,17H,5,8,11-12,14H2,(H,21,24)/t17-/m0/s1. The van der Waals surface area contributed by atoms with Crippen LogP contribution in [0.4, 0.5) is 0 Å². The van der Waals surface area contributed by atoms with E-state index in [-0.39, 0.29) is 17.9 Å². The number of hydrogen-bond acceptors (Lipinski definition) is 3. The number of nitrogens with zero attached hydrogens (tertiary/aromatic N) is 2. The monoisotopic (exact) mass is 323 g/mol. The molecule has 0 unspecified atom stereocenters. The number of carbonyl (C=O) groups is 2. The van der Waals surface area contributed by atoms with E-state index in [9.17, 15) is 9.59 Å². The fourth-order valence-electron chi connectivity index (χ4n) is 2.97. The van der Waals surface area contributed by atoms with Crippen LogP contribution in [0.2, 0.25) is 0 Å². The Kier molecular flexibility index (Phi) is 5.21. The van der Waals surface area contributed by atoms with Crippen LogP contribution < -0.4 is 5.32 Å². The van der Waals surface area contributed by atoms with Crippen molar-refractivity contribution in [3.8, 4) is 0 Å². The third-order valence-corrected chi connectivity index (χ3v) is 4.21. The molecule has 24 heavy (non-hydrogen) atoms. The second-order valence-electron chi connectivity index (χ2n) is 6.05. The number of amides is 2. The molecule has 1 aliphatic heterocycles. The first-order valence-corrected chi connectivity index (χ1v) is 8.25. The van der Waals surface area contributed by atoms with E-state index in [1.807, 2.05) is 23.1 Å². The maximum absolute atomic E-state index is 12.1. The molecular formula is C19H21N3O2. The molecule has 3 rings (SSSR count). The summed E-state index contributed by atoms with van der Waals surface area (Å²) in [5.74, 6) is -0.0633. The van der Waals surface area contributed by atoms with Crippen LogP contribution in [0.5, 0.6) is 0 Å². The molecule has 0 spiro atoms. The summed E-state index contributed by atoms with van der Waals surface area (Å²) < 4.78 is 0. The average Bonchev–Trinajstić information content (AvgIpc) is 2.96. The molecule has 0 bridgehead atoms. The van der Waals surface area contributed by atoms with Crippen molar-refractivity contribution in [3.05, 3.63) is 66.0 Å². The Hall–Kier alpha value is -2.69. The van der Waals surface area contributed by atoms with Gasteiger partial charge in [0.2, 0.25) is 5.91 Å². The summed E-state index contributed by atoms with van der Waals surface area (Å²) in [6, 6.07) is 13.6. The quantitative estimate of drug-likeness (QED) is 0.885. The number of benzene rings is 1. The van der Waals surface area contributed by atoms with Gasteiger partial charge < -0.3 is 10.2 Å². The SMILES string of the molecule is O=C(N[C@H]1CC(=O)N(CCCc2ccccc2)C1)c1cccnc1. The molecule has 124 valence electrons. The molecule has 1 atom stereocenters. The molecule has 2 amide bonds. The van der Waals surface area contributed by atoms with Gasteiger partial charge in [0.05, 0.1) is 11.6 Å². The Morgan fingerprint density at radius 3 is 2.79 bits per heavy atom. The van der Waals surface area contributed by atoms with E-state index >= 15 is 0 Å². The first-order chi connectivity index (χ1) is 11.7. The molecule has 1 N–H and O–H groups in total. The molecule has 0 aliphatic carbocycles. The third kappa shape index (κ3) is 4.19. The minimum Gasteiger partial charge on any atom is -0.347 e. The second kappa shape index (κ2) is 7.73. The largest absolute Gasteiger partial charge is 0.347 e. The van der Waals surface area contributed by atoms with Crippen molar-refractivity contribution in [1.82, 2.24) is 15.2 Å². The van der Waals surface area contributed by atoms with Gasteiger partial charge in [0.25, 0.3) is 5.91 Å². The fourth-order valence-corrected chi connectivity index (χ4v) is 2.97. The number of aromatic nitrogens is 1. The lowest BCUT2D eigenvalue weighted by atomic mass is 10.1. The van der Waals surface area contributed by atoms with Gasteiger partial charge in [0.1, 0.15) is 0 Å². The van der Waals surface area contributed by atoms with Gasteiger partial charge in [-0.05, 0) is 30.5 Å². The summed E-state index contributed by atoms with van der Waals surface area (Å²) >= 11 is 0. The van der Waals surface area contributed by atoms with Gasteiger partial charge in [-0.1, -0.05) is 30.3 Å². The minimum atomic E-state index is -0.174. The van der Waals surface area contributed by atoms with Gasteiger partial charge in [-0.2, -0.15) is 0 Å². The number of pyridine rings is 1. The molecule has 1 aromatic heterocycles. The summed E-state index contributed by atoms with van der Waals surface area (Å²) in [6.07, 6.45) is 5.42. The lowest BCUT2D eigenvalue weighted by Crippen LogP contribution is -2.37. The van der Waals surface area contributed by atoms with E-state index in [1.165, 1.54) is 11.8 Å². The van der Waals surface area contributed by atoms with Crippen molar-refractivity contribution in [3.63, 3.8) is 0 Å². The lowest BCUT2D eigenvalue weighted by Gasteiger charge is -2.17. The van der Waals surface area contributed by atoms with Crippen LogP contribution >= 0.6 is 0 Å². The lowest BCUT2D eigenvalue weighted by molar-refractivity contribution is -0.127. The topological polar surface area (TPSA) is 62.3 Å². The van der Waals surface area contributed by atoms with Crippen LogP contribution in [0.25, 0.3) is 0 Å². The smallest absolute Gasteiger partial charge is 0.253 e. The van der Waals surface area contributed by atoms with E-state index in [4.69, 9.17) is 0 Å². The van der Waals surface area contributed by atoms with Gasteiger partial charge in [-0.15, -0.1) is 0 Å². The zero-order valence-electron chi connectivity index (χ0n) is 13.5. The Morgan fingerprint density at radius 2 is 2.04 bits per heavy atom. The molecule has 5 nitrogen and oxygen atoms in total.